The van der Waals surface area contributed by atoms with Crippen molar-refractivity contribution in [3.05, 3.63) is 52.5 Å². The molecule has 1 amide bonds. The highest BCUT2D eigenvalue weighted by Crippen LogP contribution is 2.19. The van der Waals surface area contributed by atoms with Gasteiger partial charge in [0, 0.05) is 15.7 Å². The first-order valence-electron chi connectivity index (χ1n) is 6.77. The highest BCUT2D eigenvalue weighted by molar-refractivity contribution is 9.10. The van der Waals surface area contributed by atoms with Crippen molar-refractivity contribution in [1.29, 1.82) is 0 Å². The van der Waals surface area contributed by atoms with Gasteiger partial charge in [0.05, 0.1) is 19.9 Å². The predicted molar refractivity (Wildman–Crippen MR) is 93.0 cm³/mol. The molecule has 7 heteroatoms. The lowest BCUT2D eigenvalue weighted by molar-refractivity contribution is -0.119. The van der Waals surface area contributed by atoms with Crippen LogP contribution >= 0.6 is 15.9 Å². The van der Waals surface area contributed by atoms with Crippen LogP contribution in [0.15, 0.2) is 52.0 Å². The van der Waals surface area contributed by atoms with E-state index >= 15 is 0 Å². The minimum atomic E-state index is -0.299. The quantitative estimate of drug-likeness (QED) is 0.533. The molecule has 120 valence electrons. The number of phenolic OH excluding ortho intramolecular Hbond substituents is 1. The molecular formula is C16H16BrN3O3. The van der Waals surface area contributed by atoms with Crippen molar-refractivity contribution in [3.8, 4) is 11.5 Å². The van der Waals surface area contributed by atoms with Gasteiger partial charge in [-0.15, -0.1) is 0 Å². The zero-order valence-corrected chi connectivity index (χ0v) is 14.0. The maximum absolute atomic E-state index is 11.7. The Hall–Kier alpha value is -2.54. The molecule has 0 atom stereocenters. The number of anilines is 1. The Kier molecular flexibility index (Phi) is 5.99. The van der Waals surface area contributed by atoms with E-state index in [2.05, 4.69) is 31.8 Å². The van der Waals surface area contributed by atoms with Crippen LogP contribution in [0.3, 0.4) is 0 Å². The van der Waals surface area contributed by atoms with Gasteiger partial charge >= 0.3 is 0 Å². The van der Waals surface area contributed by atoms with Gasteiger partial charge in [0.2, 0.25) is 0 Å². The molecule has 0 radical (unpaired) electrons. The highest BCUT2D eigenvalue weighted by atomic mass is 79.9. The zero-order chi connectivity index (χ0) is 16.7. The average Bonchev–Trinajstić information content (AvgIpc) is 2.56. The summed E-state index contributed by atoms with van der Waals surface area (Å²) < 4.78 is 5.87. The van der Waals surface area contributed by atoms with Gasteiger partial charge in [0.15, 0.2) is 0 Å². The number of nitrogens with zero attached hydrogens (tertiary/aromatic N) is 1. The Balaban J connectivity index is 1.82. The van der Waals surface area contributed by atoms with E-state index in [4.69, 9.17) is 4.74 Å². The minimum absolute atomic E-state index is 0.0775. The maximum Gasteiger partial charge on any atom is 0.259 e. The third-order valence-corrected chi connectivity index (χ3v) is 3.42. The Bertz CT molecular complexity index is 702. The highest BCUT2D eigenvalue weighted by Gasteiger charge is 2.01. The Morgan fingerprint density at radius 1 is 1.30 bits per heavy atom. The van der Waals surface area contributed by atoms with Gasteiger partial charge in [0.25, 0.3) is 5.91 Å². The summed E-state index contributed by atoms with van der Waals surface area (Å²) >= 11 is 3.30. The number of halogens is 1. The lowest BCUT2D eigenvalue weighted by Gasteiger charge is -2.06. The van der Waals surface area contributed by atoms with E-state index in [1.54, 1.807) is 37.4 Å². The van der Waals surface area contributed by atoms with E-state index in [9.17, 15) is 9.90 Å². The predicted octanol–water partition coefficient (Wildman–Crippen LogP) is 2.73. The number of hydrazone groups is 1. The molecular weight excluding hydrogens is 362 g/mol. The molecule has 2 aromatic carbocycles. The molecule has 3 N–H and O–H groups in total. The fourth-order valence-corrected chi connectivity index (χ4v) is 2.11. The summed E-state index contributed by atoms with van der Waals surface area (Å²) in [6, 6.07) is 12.2. The lowest BCUT2D eigenvalue weighted by Crippen LogP contribution is -2.25. The smallest absolute Gasteiger partial charge is 0.259 e. The fraction of sp³-hybridized carbons (Fsp3) is 0.125. The summed E-state index contributed by atoms with van der Waals surface area (Å²) in [5.41, 5.74) is 3.69. The third kappa shape index (κ3) is 5.30. The summed E-state index contributed by atoms with van der Waals surface area (Å²) in [5.74, 6) is 0.535. The second-order valence-corrected chi connectivity index (χ2v) is 5.49. The largest absolute Gasteiger partial charge is 0.507 e. The molecule has 0 fully saturated rings. The fourth-order valence-electron chi connectivity index (χ4n) is 1.73. The molecule has 0 aliphatic heterocycles. The van der Waals surface area contributed by atoms with Crippen molar-refractivity contribution in [2.75, 3.05) is 19.0 Å². The van der Waals surface area contributed by atoms with E-state index < -0.39 is 0 Å². The first kappa shape index (κ1) is 16.8. The van der Waals surface area contributed by atoms with Crippen molar-refractivity contribution in [3.63, 3.8) is 0 Å². The van der Waals surface area contributed by atoms with E-state index in [1.165, 1.54) is 6.21 Å². The van der Waals surface area contributed by atoms with E-state index in [0.29, 0.717) is 5.56 Å². The number of hydrogen-bond donors (Lipinski definition) is 3. The number of phenols is 1. The van der Waals surface area contributed by atoms with Gasteiger partial charge in [-0.25, -0.2) is 5.43 Å². The topological polar surface area (TPSA) is 83.0 Å². The molecule has 0 bridgehead atoms. The molecule has 0 aliphatic carbocycles. The Morgan fingerprint density at radius 2 is 2.04 bits per heavy atom. The molecule has 2 aromatic rings. The van der Waals surface area contributed by atoms with Crippen LogP contribution in [0.5, 0.6) is 11.5 Å². The first-order valence-corrected chi connectivity index (χ1v) is 7.56. The summed E-state index contributed by atoms with van der Waals surface area (Å²) in [6.45, 7) is 0.0775. The van der Waals surface area contributed by atoms with Crippen LogP contribution in [-0.2, 0) is 4.79 Å². The van der Waals surface area contributed by atoms with Gasteiger partial charge in [0.1, 0.15) is 11.5 Å². The number of amides is 1. The molecule has 23 heavy (non-hydrogen) atoms. The van der Waals surface area contributed by atoms with Gasteiger partial charge in [-0.3, -0.25) is 4.79 Å². The molecule has 0 spiro atoms. The van der Waals surface area contributed by atoms with Crippen LogP contribution in [0.4, 0.5) is 5.69 Å². The van der Waals surface area contributed by atoms with Crippen LogP contribution < -0.4 is 15.5 Å². The normalized spacial score (nSPS) is 10.5. The first-order chi connectivity index (χ1) is 11.1. The summed E-state index contributed by atoms with van der Waals surface area (Å²) in [4.78, 5) is 11.7. The number of hydrogen-bond acceptors (Lipinski definition) is 5. The maximum atomic E-state index is 11.7. The SMILES string of the molecule is COc1ccc(NCC(=O)N/N=C\c2cc(Br)ccc2O)cc1. The van der Waals surface area contributed by atoms with Crippen molar-refractivity contribution in [2.45, 2.75) is 0 Å². The molecule has 6 nitrogen and oxygen atoms in total. The van der Waals surface area contributed by atoms with Gasteiger partial charge in [-0.2, -0.15) is 5.10 Å². The number of rotatable bonds is 6. The van der Waals surface area contributed by atoms with E-state index in [0.717, 1.165) is 15.9 Å². The third-order valence-electron chi connectivity index (χ3n) is 2.93. The number of carbonyl (C=O) groups is 1. The summed E-state index contributed by atoms with van der Waals surface area (Å²) in [7, 11) is 1.59. The van der Waals surface area contributed by atoms with Crippen LogP contribution in [0, 0.1) is 0 Å². The molecule has 0 aromatic heterocycles. The number of aromatic hydroxyl groups is 1. The molecule has 0 saturated heterocycles. The van der Waals surface area contributed by atoms with E-state index in [-0.39, 0.29) is 18.2 Å². The Morgan fingerprint density at radius 3 is 2.74 bits per heavy atom. The lowest BCUT2D eigenvalue weighted by atomic mass is 10.2. The molecule has 0 saturated carbocycles. The van der Waals surface area contributed by atoms with Crippen LogP contribution in [0.25, 0.3) is 0 Å². The van der Waals surface area contributed by atoms with Crippen molar-refractivity contribution in [1.82, 2.24) is 5.43 Å². The second-order valence-electron chi connectivity index (χ2n) is 4.58. The molecule has 0 heterocycles. The number of ether oxygens (including phenoxy) is 1. The van der Waals surface area contributed by atoms with Crippen molar-refractivity contribution < 1.29 is 14.6 Å². The number of nitrogens with one attached hydrogen (secondary N) is 2. The molecule has 0 unspecified atom stereocenters. The summed E-state index contributed by atoms with van der Waals surface area (Å²) in [5, 5.41) is 16.4. The van der Waals surface area contributed by atoms with Crippen LogP contribution in [-0.4, -0.2) is 30.9 Å². The number of methoxy groups -OCH3 is 1. The second kappa shape index (κ2) is 8.19. The van der Waals surface area contributed by atoms with Crippen molar-refractivity contribution in [2.24, 2.45) is 5.10 Å². The van der Waals surface area contributed by atoms with Crippen LogP contribution in [0.1, 0.15) is 5.56 Å². The summed E-state index contributed by atoms with van der Waals surface area (Å²) in [6.07, 6.45) is 1.38. The molecule has 0 aliphatic rings. The van der Waals surface area contributed by atoms with Crippen LogP contribution in [0.2, 0.25) is 0 Å². The minimum Gasteiger partial charge on any atom is -0.507 e. The number of benzene rings is 2. The number of carbonyl (C=O) groups excluding carboxylic acids is 1. The van der Waals surface area contributed by atoms with Gasteiger partial charge < -0.3 is 15.2 Å². The monoisotopic (exact) mass is 377 g/mol. The van der Waals surface area contributed by atoms with Gasteiger partial charge in [-0.1, -0.05) is 15.9 Å². The zero-order valence-electron chi connectivity index (χ0n) is 12.4. The standard InChI is InChI=1S/C16H16BrN3O3/c1-23-14-5-3-13(4-6-14)18-10-16(22)20-19-9-11-8-12(17)2-7-15(11)21/h2-9,18,21H,10H2,1H3,(H,20,22)/b19-9-. The average molecular weight is 378 g/mol. The van der Waals surface area contributed by atoms with E-state index in [1.807, 2.05) is 12.1 Å². The molecule has 2 rings (SSSR count). The van der Waals surface area contributed by atoms with Crippen molar-refractivity contribution >= 4 is 33.7 Å². The Labute approximate surface area is 142 Å². The van der Waals surface area contributed by atoms with Gasteiger partial charge in [-0.05, 0) is 42.5 Å².